The molecular formula is C18H20ClN3O4. The number of benzene rings is 2. The van der Waals surface area contributed by atoms with Gasteiger partial charge in [0, 0.05) is 11.3 Å². The van der Waals surface area contributed by atoms with Crippen LogP contribution in [0, 0.1) is 0 Å². The number of carbonyl (C=O) groups excluding carboxylic acids is 2. The lowest BCUT2D eigenvalue weighted by atomic mass is 10.1. The van der Waals surface area contributed by atoms with Gasteiger partial charge in [-0.3, -0.25) is 4.79 Å². The average molecular weight is 378 g/mol. The first kappa shape index (κ1) is 19.4. The van der Waals surface area contributed by atoms with Crippen LogP contribution in [0.1, 0.15) is 28.9 Å². The Hall–Kier alpha value is -2.93. The fraction of sp³-hybridized carbons (Fsp3) is 0.222. The largest absolute Gasteiger partial charge is 0.493 e. The van der Waals surface area contributed by atoms with Gasteiger partial charge in [0.25, 0.3) is 5.91 Å². The maximum Gasteiger partial charge on any atom is 0.316 e. The van der Waals surface area contributed by atoms with Crippen LogP contribution in [0.2, 0.25) is 5.02 Å². The predicted octanol–water partition coefficient (Wildman–Crippen LogP) is 3.34. The number of anilines is 1. The van der Waals surface area contributed by atoms with E-state index in [0.717, 1.165) is 5.56 Å². The number of ether oxygens (including phenoxy) is 2. The molecule has 8 heteroatoms. The van der Waals surface area contributed by atoms with Crippen LogP contribution in [-0.4, -0.2) is 26.2 Å². The Bertz CT molecular complexity index is 809. The third kappa shape index (κ3) is 4.58. The van der Waals surface area contributed by atoms with Crippen molar-refractivity contribution < 1.29 is 19.1 Å². The van der Waals surface area contributed by atoms with Gasteiger partial charge in [-0.1, -0.05) is 23.7 Å². The van der Waals surface area contributed by atoms with Gasteiger partial charge in [-0.2, -0.15) is 0 Å². The van der Waals surface area contributed by atoms with E-state index in [1.165, 1.54) is 20.3 Å². The van der Waals surface area contributed by atoms with Crippen molar-refractivity contribution in [3.05, 3.63) is 52.5 Å². The smallest absolute Gasteiger partial charge is 0.316 e. The summed E-state index contributed by atoms with van der Waals surface area (Å²) in [7, 11) is 2.95. The molecule has 7 nitrogen and oxygen atoms in total. The third-order valence-electron chi connectivity index (χ3n) is 3.72. The number of hydrogen-bond donors (Lipinski definition) is 3. The molecule has 3 amide bonds. The first-order valence-corrected chi connectivity index (χ1v) is 8.12. The number of halogens is 1. The summed E-state index contributed by atoms with van der Waals surface area (Å²) in [5.74, 6) is 0.440. The number of methoxy groups -OCH3 is 2. The number of hydrogen-bond acceptors (Lipinski definition) is 4. The molecule has 0 aliphatic rings. The zero-order valence-corrected chi connectivity index (χ0v) is 15.4. The van der Waals surface area contributed by atoms with Crippen molar-refractivity contribution >= 4 is 29.2 Å². The molecule has 0 bridgehead atoms. The lowest BCUT2D eigenvalue weighted by Crippen LogP contribution is -2.26. The second-order valence-electron chi connectivity index (χ2n) is 5.50. The Morgan fingerprint density at radius 2 is 1.77 bits per heavy atom. The molecule has 0 unspecified atom stereocenters. The van der Waals surface area contributed by atoms with Crippen molar-refractivity contribution in [1.29, 1.82) is 0 Å². The highest BCUT2D eigenvalue weighted by Crippen LogP contribution is 2.36. The van der Waals surface area contributed by atoms with Crippen molar-refractivity contribution in [3.8, 4) is 11.5 Å². The van der Waals surface area contributed by atoms with Crippen LogP contribution in [0.25, 0.3) is 0 Å². The fourth-order valence-electron chi connectivity index (χ4n) is 2.41. The SMILES string of the molecule is COc1cc(C(=O)N[C@H](C)c2ccc(NC(N)=O)cc2)cc(Cl)c1OC. The van der Waals surface area contributed by atoms with E-state index in [-0.39, 0.29) is 17.0 Å². The summed E-state index contributed by atoms with van der Waals surface area (Å²) in [6, 6.07) is 9.17. The summed E-state index contributed by atoms with van der Waals surface area (Å²) in [5.41, 5.74) is 6.86. The van der Waals surface area contributed by atoms with E-state index in [0.29, 0.717) is 22.7 Å². The van der Waals surface area contributed by atoms with E-state index in [2.05, 4.69) is 10.6 Å². The highest BCUT2D eigenvalue weighted by Gasteiger charge is 2.17. The van der Waals surface area contributed by atoms with E-state index >= 15 is 0 Å². The molecule has 2 aromatic rings. The van der Waals surface area contributed by atoms with Crippen LogP contribution in [-0.2, 0) is 0 Å². The van der Waals surface area contributed by atoms with Crippen LogP contribution in [0.15, 0.2) is 36.4 Å². The summed E-state index contributed by atoms with van der Waals surface area (Å²) in [5, 5.41) is 5.64. The zero-order valence-electron chi connectivity index (χ0n) is 14.6. The van der Waals surface area contributed by atoms with Crippen LogP contribution in [0.3, 0.4) is 0 Å². The molecule has 0 aromatic heterocycles. The molecule has 0 saturated carbocycles. The molecule has 0 aliphatic heterocycles. The van der Waals surface area contributed by atoms with Crippen LogP contribution in [0.4, 0.5) is 10.5 Å². The number of rotatable bonds is 6. The Balaban J connectivity index is 2.14. The number of amides is 3. The quantitative estimate of drug-likeness (QED) is 0.718. The van der Waals surface area contributed by atoms with E-state index in [4.69, 9.17) is 26.8 Å². The molecule has 4 N–H and O–H groups in total. The molecule has 0 aliphatic carbocycles. The van der Waals surface area contributed by atoms with Gasteiger partial charge in [0.05, 0.1) is 25.3 Å². The van der Waals surface area contributed by atoms with Crippen molar-refractivity contribution in [1.82, 2.24) is 5.32 Å². The third-order valence-corrected chi connectivity index (χ3v) is 4.00. The Labute approximate surface area is 156 Å². The van der Waals surface area contributed by atoms with Crippen molar-refractivity contribution in [2.75, 3.05) is 19.5 Å². The molecule has 0 heterocycles. The average Bonchev–Trinajstić information content (AvgIpc) is 2.60. The number of nitrogens with two attached hydrogens (primary N) is 1. The minimum absolute atomic E-state index is 0.267. The van der Waals surface area contributed by atoms with E-state index in [1.807, 2.05) is 6.92 Å². The van der Waals surface area contributed by atoms with E-state index in [1.54, 1.807) is 30.3 Å². The van der Waals surface area contributed by atoms with Crippen molar-refractivity contribution in [2.45, 2.75) is 13.0 Å². The number of carbonyl (C=O) groups is 2. The minimum Gasteiger partial charge on any atom is -0.493 e. The first-order chi connectivity index (χ1) is 12.3. The van der Waals surface area contributed by atoms with E-state index < -0.39 is 6.03 Å². The van der Waals surface area contributed by atoms with Gasteiger partial charge in [-0.25, -0.2) is 4.79 Å². The Kier molecular flexibility index (Phi) is 6.30. The summed E-state index contributed by atoms with van der Waals surface area (Å²) < 4.78 is 10.4. The molecule has 26 heavy (non-hydrogen) atoms. The maximum absolute atomic E-state index is 12.5. The first-order valence-electron chi connectivity index (χ1n) is 7.74. The highest BCUT2D eigenvalue weighted by atomic mass is 35.5. The summed E-state index contributed by atoms with van der Waals surface area (Å²) in [4.78, 5) is 23.4. The second-order valence-corrected chi connectivity index (χ2v) is 5.91. The van der Waals surface area contributed by atoms with Crippen LogP contribution >= 0.6 is 11.6 Å². The molecule has 0 radical (unpaired) electrons. The number of nitrogens with one attached hydrogen (secondary N) is 2. The van der Waals surface area contributed by atoms with Crippen molar-refractivity contribution in [3.63, 3.8) is 0 Å². The zero-order chi connectivity index (χ0) is 19.3. The maximum atomic E-state index is 12.5. The summed E-state index contributed by atoms with van der Waals surface area (Å²) in [6.07, 6.45) is 0. The van der Waals surface area contributed by atoms with Crippen LogP contribution < -0.4 is 25.8 Å². The normalized spacial score (nSPS) is 11.4. The molecule has 0 saturated heterocycles. The minimum atomic E-state index is -0.635. The van der Waals surface area contributed by atoms with Gasteiger partial charge in [0.15, 0.2) is 11.5 Å². The van der Waals surface area contributed by atoms with E-state index in [9.17, 15) is 9.59 Å². The summed E-state index contributed by atoms with van der Waals surface area (Å²) in [6.45, 7) is 1.84. The van der Waals surface area contributed by atoms with Gasteiger partial charge in [-0.15, -0.1) is 0 Å². The lowest BCUT2D eigenvalue weighted by Gasteiger charge is -2.16. The van der Waals surface area contributed by atoms with Gasteiger partial charge in [0.2, 0.25) is 0 Å². The van der Waals surface area contributed by atoms with Gasteiger partial charge in [0.1, 0.15) is 0 Å². The molecule has 2 rings (SSSR count). The van der Waals surface area contributed by atoms with Gasteiger partial charge < -0.3 is 25.8 Å². The standard InChI is InChI=1S/C18H20ClN3O4/c1-10(11-4-6-13(7-5-11)22-18(20)24)21-17(23)12-8-14(19)16(26-3)15(9-12)25-2/h4-10H,1-3H3,(H,21,23)(H3,20,22,24)/t10-/m1/s1. The topological polar surface area (TPSA) is 103 Å². The molecule has 2 aromatic carbocycles. The highest BCUT2D eigenvalue weighted by molar-refractivity contribution is 6.32. The number of urea groups is 1. The molecule has 0 spiro atoms. The molecule has 1 atom stereocenters. The Morgan fingerprint density at radius 3 is 2.31 bits per heavy atom. The molecular weight excluding hydrogens is 358 g/mol. The van der Waals surface area contributed by atoms with Crippen molar-refractivity contribution in [2.24, 2.45) is 5.73 Å². The Morgan fingerprint density at radius 1 is 1.12 bits per heavy atom. The number of primary amides is 1. The lowest BCUT2D eigenvalue weighted by molar-refractivity contribution is 0.0939. The van der Waals surface area contributed by atoms with Gasteiger partial charge >= 0.3 is 6.03 Å². The van der Waals surface area contributed by atoms with Crippen LogP contribution in [0.5, 0.6) is 11.5 Å². The summed E-state index contributed by atoms with van der Waals surface area (Å²) >= 11 is 6.14. The fourth-order valence-corrected chi connectivity index (χ4v) is 2.70. The monoisotopic (exact) mass is 377 g/mol. The molecule has 0 fully saturated rings. The van der Waals surface area contributed by atoms with Gasteiger partial charge in [-0.05, 0) is 36.8 Å². The second kappa shape index (κ2) is 8.44. The molecule has 138 valence electrons. The predicted molar refractivity (Wildman–Crippen MR) is 100 cm³/mol.